The first kappa shape index (κ1) is 21.3. The summed E-state index contributed by atoms with van der Waals surface area (Å²) in [5.41, 5.74) is 3.53. The molecule has 7 heteroatoms. The summed E-state index contributed by atoms with van der Waals surface area (Å²) in [6.07, 6.45) is 1.77. The van der Waals surface area contributed by atoms with Gasteiger partial charge in [0.2, 0.25) is 0 Å². The van der Waals surface area contributed by atoms with Crippen molar-refractivity contribution in [1.82, 2.24) is 10.2 Å². The number of likely N-dealkylation sites (N-methyl/N-ethyl adjacent to an activating group) is 1. The van der Waals surface area contributed by atoms with Gasteiger partial charge in [0.1, 0.15) is 12.3 Å². The number of benzene rings is 2. The second-order valence-electron chi connectivity index (χ2n) is 6.57. The van der Waals surface area contributed by atoms with E-state index in [1.807, 2.05) is 38.1 Å². The molecule has 1 amide bonds. The van der Waals surface area contributed by atoms with Crippen molar-refractivity contribution in [2.45, 2.75) is 27.4 Å². The Labute approximate surface area is 184 Å². The molecule has 1 fully saturated rings. The lowest BCUT2D eigenvalue weighted by atomic mass is 10.1. The molecule has 0 bridgehead atoms. The molecule has 1 heterocycles. The molecule has 0 saturated carbocycles. The van der Waals surface area contributed by atoms with E-state index in [0.29, 0.717) is 42.1 Å². The lowest BCUT2D eigenvalue weighted by Crippen LogP contribution is -2.30. The Morgan fingerprint density at radius 1 is 1.17 bits per heavy atom. The van der Waals surface area contributed by atoms with E-state index in [-0.39, 0.29) is 5.91 Å². The molecule has 0 radical (unpaired) electrons. The van der Waals surface area contributed by atoms with Crippen molar-refractivity contribution in [1.29, 1.82) is 0 Å². The second-order valence-corrected chi connectivity index (χ2v) is 7.82. The van der Waals surface area contributed by atoms with E-state index in [0.717, 1.165) is 15.6 Å². The highest BCUT2D eigenvalue weighted by Gasteiger charge is 2.29. The number of aryl methyl sites for hydroxylation is 1. The van der Waals surface area contributed by atoms with Crippen LogP contribution in [0, 0.1) is 6.92 Å². The van der Waals surface area contributed by atoms with Gasteiger partial charge in [-0.3, -0.25) is 9.69 Å². The summed E-state index contributed by atoms with van der Waals surface area (Å²) in [5.74, 6) is 1.11. The molecule has 1 aliphatic heterocycles. The van der Waals surface area contributed by atoms with Crippen LogP contribution in [0.15, 0.2) is 46.6 Å². The lowest BCUT2D eigenvalue weighted by molar-refractivity contribution is -0.122. The Kier molecular flexibility index (Phi) is 6.92. The van der Waals surface area contributed by atoms with Gasteiger partial charge in [0.05, 0.1) is 11.1 Å². The van der Waals surface area contributed by atoms with Crippen molar-refractivity contribution in [2.75, 3.05) is 13.2 Å². The van der Waals surface area contributed by atoms with E-state index in [4.69, 9.17) is 21.7 Å². The number of hydrogen-bond donors (Lipinski definition) is 1. The number of amides is 1. The lowest BCUT2D eigenvalue weighted by Gasteiger charge is -2.15. The van der Waals surface area contributed by atoms with Crippen LogP contribution in [0.25, 0.3) is 6.08 Å². The number of carbonyl (C=O) groups is 1. The molecule has 1 aliphatic rings. The Balaban J connectivity index is 1.86. The average Bonchev–Trinajstić information content (AvgIpc) is 2.95. The van der Waals surface area contributed by atoms with Gasteiger partial charge < -0.3 is 14.8 Å². The van der Waals surface area contributed by atoms with Gasteiger partial charge in [-0.05, 0) is 78.3 Å². The van der Waals surface area contributed by atoms with Gasteiger partial charge >= 0.3 is 0 Å². The number of hydrogen-bond acceptors (Lipinski definition) is 4. The third kappa shape index (κ3) is 4.97. The first-order chi connectivity index (χ1) is 13.9. The van der Waals surface area contributed by atoms with Crippen LogP contribution in [-0.2, 0) is 11.4 Å². The Morgan fingerprint density at radius 2 is 1.90 bits per heavy atom. The number of ether oxygens (including phenoxy) is 2. The topological polar surface area (TPSA) is 50.8 Å². The third-order valence-electron chi connectivity index (χ3n) is 4.43. The van der Waals surface area contributed by atoms with Gasteiger partial charge in [0.25, 0.3) is 5.91 Å². The zero-order valence-corrected chi connectivity index (χ0v) is 19.0. The van der Waals surface area contributed by atoms with E-state index in [1.54, 1.807) is 6.08 Å². The molecule has 0 aliphatic carbocycles. The number of nitrogens with one attached hydrogen (secondary N) is 1. The molecule has 2 aromatic rings. The highest BCUT2D eigenvalue weighted by molar-refractivity contribution is 9.10. The molecule has 0 atom stereocenters. The highest BCUT2D eigenvalue weighted by Crippen LogP contribution is 2.38. The smallest absolute Gasteiger partial charge is 0.276 e. The van der Waals surface area contributed by atoms with E-state index in [1.165, 1.54) is 10.5 Å². The van der Waals surface area contributed by atoms with Crippen LogP contribution in [0.4, 0.5) is 0 Å². The second kappa shape index (κ2) is 9.41. The van der Waals surface area contributed by atoms with Crippen molar-refractivity contribution in [3.8, 4) is 11.5 Å². The minimum absolute atomic E-state index is 0.133. The zero-order valence-electron chi connectivity index (χ0n) is 16.6. The number of thiocarbonyl (C=S) groups is 1. The minimum atomic E-state index is -0.133. The van der Waals surface area contributed by atoms with Crippen LogP contribution in [0.2, 0.25) is 0 Å². The Morgan fingerprint density at radius 3 is 2.52 bits per heavy atom. The molecule has 2 aromatic carbocycles. The van der Waals surface area contributed by atoms with E-state index < -0.39 is 0 Å². The molecule has 0 unspecified atom stereocenters. The minimum Gasteiger partial charge on any atom is -0.490 e. The van der Waals surface area contributed by atoms with E-state index in [2.05, 4.69) is 40.3 Å². The molecular weight excluding hydrogens is 452 g/mol. The van der Waals surface area contributed by atoms with Gasteiger partial charge in [-0.15, -0.1) is 0 Å². The quantitative estimate of drug-likeness (QED) is 0.460. The van der Waals surface area contributed by atoms with Crippen molar-refractivity contribution >= 4 is 45.2 Å². The van der Waals surface area contributed by atoms with Crippen LogP contribution < -0.4 is 14.8 Å². The predicted octanol–water partition coefficient (Wildman–Crippen LogP) is 4.81. The maximum absolute atomic E-state index is 12.4. The summed E-state index contributed by atoms with van der Waals surface area (Å²) in [4.78, 5) is 14.0. The fraction of sp³-hybridized carbons (Fsp3) is 0.273. The normalized spacial score (nSPS) is 15.0. The summed E-state index contributed by atoms with van der Waals surface area (Å²) in [7, 11) is 0. The monoisotopic (exact) mass is 474 g/mol. The van der Waals surface area contributed by atoms with Gasteiger partial charge in [-0.25, -0.2) is 0 Å². The fourth-order valence-corrected chi connectivity index (χ4v) is 3.84. The number of halogens is 1. The van der Waals surface area contributed by atoms with Crippen molar-refractivity contribution in [3.05, 3.63) is 63.3 Å². The van der Waals surface area contributed by atoms with Gasteiger partial charge in [-0.2, -0.15) is 0 Å². The van der Waals surface area contributed by atoms with Crippen LogP contribution in [0.3, 0.4) is 0 Å². The standard InChI is InChI=1S/C22H23BrN2O3S/c1-4-25-21(26)18(24-22(25)29)11-16-10-17(23)20(19(12-16)27-5-2)28-13-15-8-6-14(3)7-9-15/h6-12H,4-5,13H2,1-3H3,(H,24,29)/b18-11-. The molecule has 1 N–H and O–H groups in total. The third-order valence-corrected chi connectivity index (χ3v) is 5.34. The summed E-state index contributed by atoms with van der Waals surface area (Å²) >= 11 is 8.79. The maximum Gasteiger partial charge on any atom is 0.276 e. The van der Waals surface area contributed by atoms with Gasteiger partial charge in [0, 0.05) is 6.54 Å². The summed E-state index contributed by atoms with van der Waals surface area (Å²) in [6.45, 7) is 7.32. The molecule has 152 valence electrons. The first-order valence-electron chi connectivity index (χ1n) is 9.42. The van der Waals surface area contributed by atoms with E-state index in [9.17, 15) is 4.79 Å². The molecule has 0 spiro atoms. The number of rotatable bonds is 7. The zero-order chi connectivity index (χ0) is 21.0. The van der Waals surface area contributed by atoms with Gasteiger partial charge in [-0.1, -0.05) is 29.8 Å². The molecule has 5 nitrogen and oxygen atoms in total. The molecule has 29 heavy (non-hydrogen) atoms. The summed E-state index contributed by atoms with van der Waals surface area (Å²) in [5, 5.41) is 3.39. The Hall–Kier alpha value is -2.38. The van der Waals surface area contributed by atoms with Crippen LogP contribution >= 0.6 is 28.1 Å². The highest BCUT2D eigenvalue weighted by atomic mass is 79.9. The average molecular weight is 475 g/mol. The predicted molar refractivity (Wildman–Crippen MR) is 122 cm³/mol. The molecule has 1 saturated heterocycles. The summed E-state index contributed by atoms with van der Waals surface area (Å²) in [6, 6.07) is 12.0. The van der Waals surface area contributed by atoms with Gasteiger partial charge in [0.15, 0.2) is 16.6 Å². The molecule has 0 aromatic heterocycles. The van der Waals surface area contributed by atoms with E-state index >= 15 is 0 Å². The fourth-order valence-electron chi connectivity index (χ4n) is 2.94. The summed E-state index contributed by atoms with van der Waals surface area (Å²) < 4.78 is 12.6. The number of carbonyl (C=O) groups excluding carboxylic acids is 1. The Bertz CT molecular complexity index is 957. The van der Waals surface area contributed by atoms with Crippen LogP contribution in [0.5, 0.6) is 11.5 Å². The largest absolute Gasteiger partial charge is 0.490 e. The van der Waals surface area contributed by atoms with Crippen LogP contribution in [-0.4, -0.2) is 29.1 Å². The first-order valence-corrected chi connectivity index (χ1v) is 10.6. The van der Waals surface area contributed by atoms with Crippen molar-refractivity contribution in [3.63, 3.8) is 0 Å². The molecular formula is C22H23BrN2O3S. The van der Waals surface area contributed by atoms with Crippen molar-refractivity contribution < 1.29 is 14.3 Å². The van der Waals surface area contributed by atoms with Crippen molar-refractivity contribution in [2.24, 2.45) is 0 Å². The molecule has 3 rings (SSSR count). The number of nitrogens with zero attached hydrogens (tertiary/aromatic N) is 1. The SMILES string of the molecule is CCOc1cc(/C=C2\NC(=S)N(CC)C2=O)cc(Br)c1OCc1ccc(C)cc1. The van der Waals surface area contributed by atoms with Crippen LogP contribution in [0.1, 0.15) is 30.5 Å². The maximum atomic E-state index is 12.4.